The molecule has 0 radical (unpaired) electrons. The zero-order chi connectivity index (χ0) is 16.2. The zero-order valence-electron chi connectivity index (χ0n) is 13.3. The molecule has 1 aliphatic rings. The van der Waals surface area contributed by atoms with Crippen LogP contribution in [0.15, 0.2) is 11.1 Å². The number of carbonyl (C=O) groups excluding carboxylic acids is 1. The van der Waals surface area contributed by atoms with Gasteiger partial charge in [-0.1, -0.05) is 30.9 Å². The van der Waals surface area contributed by atoms with Crippen LogP contribution in [0.5, 0.6) is 0 Å². The molecule has 1 amide bonds. The van der Waals surface area contributed by atoms with E-state index in [9.17, 15) is 14.7 Å². The number of aliphatic carboxylic acids is 1. The molecule has 0 aromatic heterocycles. The number of allylic oxidation sites excluding steroid dienone is 2. The van der Waals surface area contributed by atoms with Gasteiger partial charge in [0, 0.05) is 0 Å². The van der Waals surface area contributed by atoms with E-state index in [4.69, 9.17) is 6.42 Å². The number of nitrogens with one attached hydrogen (secondary N) is 1. The first-order chi connectivity index (χ1) is 9.80. The Morgan fingerprint density at radius 3 is 2.10 bits per heavy atom. The molecule has 1 aliphatic carbocycles. The highest BCUT2D eigenvalue weighted by Crippen LogP contribution is 2.35. The first kappa shape index (κ1) is 17.3. The molecule has 4 nitrogen and oxygen atoms in total. The van der Waals surface area contributed by atoms with Gasteiger partial charge >= 0.3 is 5.97 Å². The van der Waals surface area contributed by atoms with E-state index in [0.717, 1.165) is 11.1 Å². The second-order valence-electron chi connectivity index (χ2n) is 5.94. The van der Waals surface area contributed by atoms with Gasteiger partial charge in [-0.2, -0.15) is 0 Å². The smallest absolute Gasteiger partial charge is 0.307 e. The molecule has 0 bridgehead atoms. The molecule has 0 saturated carbocycles. The summed E-state index contributed by atoms with van der Waals surface area (Å²) < 4.78 is 0. The van der Waals surface area contributed by atoms with Crippen molar-refractivity contribution in [2.24, 2.45) is 11.8 Å². The van der Waals surface area contributed by atoms with E-state index >= 15 is 0 Å². The molecular formula is C17H25NO3. The van der Waals surface area contributed by atoms with E-state index < -0.39 is 23.3 Å². The Labute approximate surface area is 127 Å². The van der Waals surface area contributed by atoms with Crippen LogP contribution in [0.2, 0.25) is 0 Å². The molecule has 0 spiro atoms. The minimum absolute atomic E-state index is 0.240. The lowest BCUT2D eigenvalue weighted by Gasteiger charge is -2.34. The van der Waals surface area contributed by atoms with Crippen molar-refractivity contribution in [3.05, 3.63) is 11.1 Å². The van der Waals surface area contributed by atoms with Gasteiger partial charge in [-0.05, 0) is 39.5 Å². The molecule has 0 saturated heterocycles. The van der Waals surface area contributed by atoms with E-state index in [1.807, 2.05) is 27.7 Å². The Bertz CT molecular complexity index is 495. The standard InChI is InChI=1S/C17H25NO3/c1-6-17(7-2,8-3)18-15(19)13-9-11(4)12(5)10-14(13)16(20)21/h1,13-14H,7-10H2,2-5H3,(H,18,19)(H,20,21)/t13-,14-/m1/s1. The largest absolute Gasteiger partial charge is 0.481 e. The molecule has 0 aliphatic heterocycles. The summed E-state index contributed by atoms with van der Waals surface area (Å²) in [6.45, 7) is 7.74. The van der Waals surface area contributed by atoms with E-state index in [1.54, 1.807) is 0 Å². The SMILES string of the molecule is C#CC(CC)(CC)NC(=O)[C@@H]1CC(C)=C(C)C[C@H]1C(=O)O. The maximum Gasteiger partial charge on any atom is 0.307 e. The van der Waals surface area contributed by atoms with Gasteiger partial charge in [-0.3, -0.25) is 9.59 Å². The molecule has 4 heteroatoms. The van der Waals surface area contributed by atoms with E-state index in [0.29, 0.717) is 25.7 Å². The van der Waals surface area contributed by atoms with Crippen LogP contribution in [0.3, 0.4) is 0 Å². The second-order valence-corrected chi connectivity index (χ2v) is 5.94. The highest BCUT2D eigenvalue weighted by molar-refractivity contribution is 5.86. The number of hydrogen-bond acceptors (Lipinski definition) is 2. The third kappa shape index (κ3) is 3.66. The summed E-state index contributed by atoms with van der Waals surface area (Å²) in [5, 5.41) is 12.3. The average Bonchev–Trinajstić information content (AvgIpc) is 2.46. The maximum absolute atomic E-state index is 12.6. The van der Waals surface area contributed by atoms with Gasteiger partial charge in [0.1, 0.15) is 5.54 Å². The molecule has 0 fully saturated rings. The number of amides is 1. The number of hydrogen-bond donors (Lipinski definition) is 2. The molecule has 0 aromatic rings. The highest BCUT2D eigenvalue weighted by Gasteiger charge is 2.39. The summed E-state index contributed by atoms with van der Waals surface area (Å²) in [5.74, 6) is 0.289. The lowest BCUT2D eigenvalue weighted by Crippen LogP contribution is -2.51. The van der Waals surface area contributed by atoms with E-state index in [2.05, 4.69) is 11.2 Å². The quantitative estimate of drug-likeness (QED) is 0.604. The summed E-state index contributed by atoms with van der Waals surface area (Å²) in [7, 11) is 0. The Hall–Kier alpha value is -1.76. The van der Waals surface area contributed by atoms with Crippen LogP contribution in [0.25, 0.3) is 0 Å². The van der Waals surface area contributed by atoms with Crippen LogP contribution in [0, 0.1) is 24.2 Å². The molecule has 1 rings (SSSR count). The van der Waals surface area contributed by atoms with E-state index in [-0.39, 0.29) is 5.91 Å². The van der Waals surface area contributed by atoms with Crippen LogP contribution in [0.1, 0.15) is 53.4 Å². The predicted molar refractivity (Wildman–Crippen MR) is 82.5 cm³/mol. The second kappa shape index (κ2) is 6.80. The van der Waals surface area contributed by atoms with Crippen LogP contribution in [-0.4, -0.2) is 22.5 Å². The van der Waals surface area contributed by atoms with Crippen molar-refractivity contribution < 1.29 is 14.7 Å². The summed E-state index contributed by atoms with van der Waals surface area (Å²) in [5.41, 5.74) is 1.50. The summed E-state index contributed by atoms with van der Waals surface area (Å²) in [6.07, 6.45) is 7.74. The topological polar surface area (TPSA) is 66.4 Å². The molecule has 0 aromatic carbocycles. The van der Waals surface area contributed by atoms with Gasteiger partial charge in [-0.15, -0.1) is 6.42 Å². The van der Waals surface area contributed by atoms with Gasteiger partial charge in [0.15, 0.2) is 0 Å². The number of carbonyl (C=O) groups is 2. The average molecular weight is 291 g/mol. The Morgan fingerprint density at radius 1 is 1.24 bits per heavy atom. The first-order valence-corrected chi connectivity index (χ1v) is 7.48. The minimum Gasteiger partial charge on any atom is -0.481 e. The highest BCUT2D eigenvalue weighted by atomic mass is 16.4. The van der Waals surface area contributed by atoms with Crippen molar-refractivity contribution in [1.29, 1.82) is 0 Å². The fraction of sp³-hybridized carbons (Fsp3) is 0.647. The van der Waals surface area contributed by atoms with Gasteiger partial charge < -0.3 is 10.4 Å². The lowest BCUT2D eigenvalue weighted by molar-refractivity contribution is -0.148. The predicted octanol–water partition coefficient (Wildman–Crippen LogP) is 2.74. The summed E-state index contributed by atoms with van der Waals surface area (Å²) in [6, 6.07) is 0. The van der Waals surface area contributed by atoms with Crippen molar-refractivity contribution in [3.63, 3.8) is 0 Å². The van der Waals surface area contributed by atoms with E-state index in [1.165, 1.54) is 0 Å². The van der Waals surface area contributed by atoms with Gasteiger partial charge in [0.25, 0.3) is 0 Å². The van der Waals surface area contributed by atoms with Crippen LogP contribution in [0.4, 0.5) is 0 Å². The Balaban J connectivity index is 2.99. The number of terminal acetylenes is 1. The molecule has 0 unspecified atom stereocenters. The molecular weight excluding hydrogens is 266 g/mol. The van der Waals surface area contributed by atoms with Gasteiger partial charge in [-0.25, -0.2) is 0 Å². The van der Waals surface area contributed by atoms with Crippen molar-refractivity contribution >= 4 is 11.9 Å². The number of carboxylic acids is 1. The van der Waals surface area contributed by atoms with Crippen molar-refractivity contribution in [2.45, 2.75) is 58.9 Å². The van der Waals surface area contributed by atoms with Crippen LogP contribution in [-0.2, 0) is 9.59 Å². The van der Waals surface area contributed by atoms with Crippen LogP contribution < -0.4 is 5.32 Å². The number of carboxylic acid groups (broad SMARTS) is 1. The van der Waals surface area contributed by atoms with Crippen molar-refractivity contribution in [1.82, 2.24) is 5.32 Å². The first-order valence-electron chi connectivity index (χ1n) is 7.48. The zero-order valence-corrected chi connectivity index (χ0v) is 13.3. The van der Waals surface area contributed by atoms with Crippen molar-refractivity contribution in [2.75, 3.05) is 0 Å². The third-order valence-electron chi connectivity index (χ3n) is 4.77. The number of rotatable bonds is 5. The minimum atomic E-state index is -0.915. The monoisotopic (exact) mass is 291 g/mol. The fourth-order valence-electron chi connectivity index (χ4n) is 2.82. The maximum atomic E-state index is 12.6. The fourth-order valence-corrected chi connectivity index (χ4v) is 2.82. The Kier molecular flexibility index (Phi) is 5.60. The summed E-state index contributed by atoms with van der Waals surface area (Å²) >= 11 is 0. The molecule has 21 heavy (non-hydrogen) atoms. The molecule has 0 heterocycles. The third-order valence-corrected chi connectivity index (χ3v) is 4.77. The molecule has 116 valence electrons. The van der Waals surface area contributed by atoms with Gasteiger partial charge in [0.05, 0.1) is 11.8 Å². The molecule has 2 N–H and O–H groups in total. The van der Waals surface area contributed by atoms with Crippen molar-refractivity contribution in [3.8, 4) is 12.3 Å². The molecule has 2 atom stereocenters. The van der Waals surface area contributed by atoms with Crippen LogP contribution >= 0.6 is 0 Å². The normalized spacial score (nSPS) is 22.6. The lowest BCUT2D eigenvalue weighted by atomic mass is 9.75. The Morgan fingerprint density at radius 2 is 1.71 bits per heavy atom. The van der Waals surface area contributed by atoms with Gasteiger partial charge in [0.2, 0.25) is 5.91 Å². The summed E-state index contributed by atoms with van der Waals surface area (Å²) in [4.78, 5) is 24.0.